The number of rotatable bonds is 3. The summed E-state index contributed by atoms with van der Waals surface area (Å²) < 4.78 is 7.31. The molecule has 1 fully saturated rings. The molecule has 0 unspecified atom stereocenters. The van der Waals surface area contributed by atoms with E-state index in [1.165, 1.54) is 0 Å². The summed E-state index contributed by atoms with van der Waals surface area (Å²) in [6.45, 7) is 2.47. The van der Waals surface area contributed by atoms with Crippen molar-refractivity contribution in [1.82, 2.24) is 9.47 Å². The van der Waals surface area contributed by atoms with Crippen molar-refractivity contribution in [2.24, 2.45) is 5.92 Å². The fraction of sp³-hybridized carbons (Fsp3) is 0.368. The Hall–Kier alpha value is -2.47. The molecule has 26 heavy (non-hydrogen) atoms. The molecule has 2 aliphatic heterocycles. The largest absolute Gasteiger partial charge is 0.495 e. The van der Waals surface area contributed by atoms with Gasteiger partial charge < -0.3 is 19.1 Å². The maximum absolute atomic E-state index is 12.9. The number of aromatic nitrogens is 1. The molecule has 1 atom stereocenters. The van der Waals surface area contributed by atoms with Crippen LogP contribution in [0.5, 0.6) is 5.75 Å². The average Bonchev–Trinajstić information content (AvgIpc) is 3.26. The molecule has 0 spiro atoms. The van der Waals surface area contributed by atoms with Gasteiger partial charge in [-0.05, 0) is 30.3 Å². The smallest absolute Gasteiger partial charge is 0.228 e. The van der Waals surface area contributed by atoms with E-state index in [1.54, 1.807) is 30.2 Å². The number of carbonyl (C=O) groups is 2. The van der Waals surface area contributed by atoms with Crippen LogP contribution in [0.15, 0.2) is 36.5 Å². The Morgan fingerprint density at radius 1 is 1.27 bits per heavy atom. The zero-order valence-corrected chi connectivity index (χ0v) is 15.3. The van der Waals surface area contributed by atoms with E-state index in [-0.39, 0.29) is 24.2 Å². The summed E-state index contributed by atoms with van der Waals surface area (Å²) in [6, 6.07) is 9.27. The quantitative estimate of drug-likeness (QED) is 0.830. The van der Waals surface area contributed by atoms with Gasteiger partial charge in [-0.2, -0.15) is 0 Å². The van der Waals surface area contributed by atoms with Gasteiger partial charge in [0.15, 0.2) is 0 Å². The topological polar surface area (TPSA) is 54.8 Å². The molecule has 7 heteroatoms. The SMILES string of the molecule is COc1ccc(N2C[C@@H](C(=O)N3CCn4cccc4C3)CC2=O)cc1Cl. The Labute approximate surface area is 156 Å². The average molecular weight is 374 g/mol. The number of hydrogen-bond acceptors (Lipinski definition) is 3. The normalized spacial score (nSPS) is 19.6. The van der Waals surface area contributed by atoms with Gasteiger partial charge in [-0.15, -0.1) is 0 Å². The number of methoxy groups -OCH3 is 1. The molecule has 0 saturated carbocycles. The molecular weight excluding hydrogens is 354 g/mol. The predicted molar refractivity (Wildman–Crippen MR) is 98.3 cm³/mol. The lowest BCUT2D eigenvalue weighted by atomic mass is 10.1. The monoisotopic (exact) mass is 373 g/mol. The van der Waals surface area contributed by atoms with Crippen molar-refractivity contribution in [2.45, 2.75) is 19.5 Å². The van der Waals surface area contributed by atoms with E-state index in [1.807, 2.05) is 23.2 Å². The zero-order valence-electron chi connectivity index (χ0n) is 14.5. The van der Waals surface area contributed by atoms with Gasteiger partial charge in [-0.1, -0.05) is 11.6 Å². The van der Waals surface area contributed by atoms with E-state index in [9.17, 15) is 9.59 Å². The molecule has 4 rings (SSSR count). The van der Waals surface area contributed by atoms with Crippen molar-refractivity contribution in [2.75, 3.05) is 25.1 Å². The van der Waals surface area contributed by atoms with Crippen molar-refractivity contribution in [3.8, 4) is 5.75 Å². The summed E-state index contributed by atoms with van der Waals surface area (Å²) in [7, 11) is 1.55. The van der Waals surface area contributed by atoms with Crippen molar-refractivity contribution in [1.29, 1.82) is 0 Å². The van der Waals surface area contributed by atoms with Crippen LogP contribution in [0, 0.1) is 5.92 Å². The van der Waals surface area contributed by atoms with Crippen LogP contribution in [-0.4, -0.2) is 41.5 Å². The number of fused-ring (bicyclic) bond motifs is 1. The third-order valence-corrected chi connectivity index (χ3v) is 5.42. The van der Waals surface area contributed by atoms with E-state index >= 15 is 0 Å². The maximum Gasteiger partial charge on any atom is 0.228 e. The molecular formula is C19H20ClN3O3. The zero-order chi connectivity index (χ0) is 18.3. The second-order valence-corrected chi connectivity index (χ2v) is 7.08. The number of ether oxygens (including phenoxy) is 1. The summed E-state index contributed by atoms with van der Waals surface area (Å²) in [5, 5.41) is 0.448. The minimum Gasteiger partial charge on any atom is -0.495 e. The molecule has 1 saturated heterocycles. The Balaban J connectivity index is 1.47. The van der Waals surface area contributed by atoms with Crippen molar-refractivity contribution in [3.63, 3.8) is 0 Å². The van der Waals surface area contributed by atoms with Crippen LogP contribution in [0.2, 0.25) is 5.02 Å². The molecule has 2 amide bonds. The summed E-state index contributed by atoms with van der Waals surface area (Å²) >= 11 is 6.17. The van der Waals surface area contributed by atoms with Gasteiger partial charge >= 0.3 is 0 Å². The van der Waals surface area contributed by atoms with Gasteiger partial charge in [0.05, 0.1) is 24.6 Å². The van der Waals surface area contributed by atoms with E-state index in [0.717, 1.165) is 12.2 Å². The van der Waals surface area contributed by atoms with Crippen LogP contribution in [-0.2, 0) is 22.7 Å². The Morgan fingerprint density at radius 2 is 2.12 bits per heavy atom. The second kappa shape index (κ2) is 6.68. The number of halogens is 1. The summed E-state index contributed by atoms with van der Waals surface area (Å²) in [5.74, 6) is 0.244. The molecule has 0 aliphatic carbocycles. The van der Waals surface area contributed by atoms with Gasteiger partial charge in [-0.25, -0.2) is 0 Å². The van der Waals surface area contributed by atoms with Gasteiger partial charge in [-0.3, -0.25) is 9.59 Å². The highest BCUT2D eigenvalue weighted by Crippen LogP contribution is 2.33. The molecule has 136 valence electrons. The molecule has 1 aromatic heterocycles. The lowest BCUT2D eigenvalue weighted by Gasteiger charge is -2.30. The Bertz CT molecular complexity index is 863. The predicted octanol–water partition coefficient (Wildman–Crippen LogP) is 2.55. The number of benzene rings is 1. The molecule has 0 N–H and O–H groups in total. The molecule has 0 radical (unpaired) electrons. The van der Waals surface area contributed by atoms with Crippen LogP contribution in [0.3, 0.4) is 0 Å². The first-order chi connectivity index (χ1) is 12.6. The highest BCUT2D eigenvalue weighted by Gasteiger charge is 2.38. The number of anilines is 1. The number of nitrogens with zero attached hydrogens (tertiary/aromatic N) is 3. The summed E-state index contributed by atoms with van der Waals surface area (Å²) in [4.78, 5) is 28.9. The van der Waals surface area contributed by atoms with Crippen molar-refractivity contribution >= 4 is 29.1 Å². The van der Waals surface area contributed by atoms with Crippen molar-refractivity contribution < 1.29 is 14.3 Å². The highest BCUT2D eigenvalue weighted by molar-refractivity contribution is 6.32. The van der Waals surface area contributed by atoms with Crippen LogP contribution >= 0.6 is 11.6 Å². The molecule has 6 nitrogen and oxygen atoms in total. The highest BCUT2D eigenvalue weighted by atomic mass is 35.5. The van der Waals surface area contributed by atoms with E-state index in [2.05, 4.69) is 4.57 Å². The molecule has 2 aliphatic rings. The lowest BCUT2D eigenvalue weighted by molar-refractivity contribution is -0.137. The van der Waals surface area contributed by atoms with Gasteiger partial charge in [0.25, 0.3) is 0 Å². The summed E-state index contributed by atoms with van der Waals surface area (Å²) in [6.07, 6.45) is 2.27. The van der Waals surface area contributed by atoms with Crippen LogP contribution in [0.4, 0.5) is 5.69 Å². The first kappa shape index (κ1) is 17.0. The number of hydrogen-bond donors (Lipinski definition) is 0. The second-order valence-electron chi connectivity index (χ2n) is 6.68. The summed E-state index contributed by atoms with van der Waals surface area (Å²) in [5.41, 5.74) is 1.83. The molecule has 3 heterocycles. The van der Waals surface area contributed by atoms with E-state index in [4.69, 9.17) is 16.3 Å². The maximum atomic E-state index is 12.9. The third kappa shape index (κ3) is 2.94. The standard InChI is InChI=1S/C19H20ClN3O3/c1-26-17-5-4-14(10-16(17)20)23-11-13(9-18(23)24)19(25)22-8-7-21-6-2-3-15(21)12-22/h2-6,10,13H,7-9,11-12H2,1H3/t13-/m0/s1. The minimum absolute atomic E-state index is 0.0490. The minimum atomic E-state index is -0.315. The first-order valence-corrected chi connectivity index (χ1v) is 9.01. The van der Waals surface area contributed by atoms with E-state index in [0.29, 0.717) is 36.1 Å². The third-order valence-electron chi connectivity index (χ3n) is 5.12. The van der Waals surface area contributed by atoms with Gasteiger partial charge in [0.2, 0.25) is 11.8 Å². The van der Waals surface area contributed by atoms with Crippen molar-refractivity contribution in [3.05, 3.63) is 47.2 Å². The molecule has 1 aromatic carbocycles. The fourth-order valence-electron chi connectivity index (χ4n) is 3.71. The van der Waals surface area contributed by atoms with Crippen LogP contribution < -0.4 is 9.64 Å². The van der Waals surface area contributed by atoms with Gasteiger partial charge in [0, 0.05) is 43.6 Å². The Kier molecular flexibility index (Phi) is 4.36. The Morgan fingerprint density at radius 3 is 2.88 bits per heavy atom. The van der Waals surface area contributed by atoms with Crippen LogP contribution in [0.1, 0.15) is 12.1 Å². The molecule has 0 bridgehead atoms. The number of carbonyl (C=O) groups excluding carboxylic acids is 2. The van der Waals surface area contributed by atoms with Crippen LogP contribution in [0.25, 0.3) is 0 Å². The van der Waals surface area contributed by atoms with Gasteiger partial charge in [0.1, 0.15) is 5.75 Å². The fourth-order valence-corrected chi connectivity index (χ4v) is 3.96. The van der Waals surface area contributed by atoms with E-state index < -0.39 is 0 Å². The number of amides is 2. The first-order valence-electron chi connectivity index (χ1n) is 8.63. The molecule has 2 aromatic rings. The lowest BCUT2D eigenvalue weighted by Crippen LogP contribution is -2.42.